The predicted molar refractivity (Wildman–Crippen MR) is 116 cm³/mol. The molecule has 0 aliphatic carbocycles. The van der Waals surface area contributed by atoms with Crippen molar-refractivity contribution in [2.75, 3.05) is 45.7 Å². The largest absolute Gasteiger partial charge is 0.379 e. The molecule has 0 radical (unpaired) electrons. The highest BCUT2D eigenvalue weighted by atomic mass is 127. The molecule has 0 bridgehead atoms. The minimum Gasteiger partial charge on any atom is -0.379 e. The number of aryl methyl sites for hydroxylation is 1. The van der Waals surface area contributed by atoms with Gasteiger partial charge in [0.1, 0.15) is 0 Å². The Morgan fingerprint density at radius 2 is 2.04 bits per heavy atom. The third-order valence-electron chi connectivity index (χ3n) is 3.76. The third kappa shape index (κ3) is 9.67. The predicted octanol–water partition coefficient (Wildman–Crippen LogP) is 3.07. The zero-order valence-corrected chi connectivity index (χ0v) is 18.3. The summed E-state index contributed by atoms with van der Waals surface area (Å²) in [5.41, 5.74) is 1.30. The van der Waals surface area contributed by atoms with Gasteiger partial charge in [-0.15, -0.1) is 35.7 Å². The molecule has 0 spiro atoms. The summed E-state index contributed by atoms with van der Waals surface area (Å²) in [6.45, 7) is 6.20. The number of rotatable bonds is 9. The van der Waals surface area contributed by atoms with E-state index in [4.69, 9.17) is 9.47 Å². The molecule has 1 aliphatic heterocycles. The third-order valence-corrected chi connectivity index (χ3v) is 4.78. The number of aliphatic imine (C=N–C) groups is 1. The van der Waals surface area contributed by atoms with E-state index in [0.29, 0.717) is 6.10 Å². The smallest absolute Gasteiger partial charge is 0.191 e. The van der Waals surface area contributed by atoms with Crippen LogP contribution in [0.25, 0.3) is 0 Å². The van der Waals surface area contributed by atoms with E-state index in [1.54, 1.807) is 7.05 Å². The molecule has 1 aliphatic rings. The van der Waals surface area contributed by atoms with Gasteiger partial charge in [0.05, 0.1) is 12.7 Å². The Kier molecular flexibility index (Phi) is 12.3. The topological polar surface area (TPSA) is 54.9 Å². The average Bonchev–Trinajstić information content (AvgIpc) is 3.11. The SMILES string of the molecule is CN=C(NCCCOC1CCOC1)NCCSc1ccc(C)cc1.I. The van der Waals surface area contributed by atoms with Crippen molar-refractivity contribution in [3.63, 3.8) is 0 Å². The van der Waals surface area contributed by atoms with Crippen molar-refractivity contribution in [3.8, 4) is 0 Å². The van der Waals surface area contributed by atoms with Crippen molar-refractivity contribution in [3.05, 3.63) is 29.8 Å². The van der Waals surface area contributed by atoms with E-state index in [0.717, 1.165) is 57.5 Å². The van der Waals surface area contributed by atoms with Crippen LogP contribution in [0.5, 0.6) is 0 Å². The molecular formula is C18H30IN3O2S. The lowest BCUT2D eigenvalue weighted by atomic mass is 10.2. The number of hydrogen-bond acceptors (Lipinski definition) is 4. The molecule has 7 heteroatoms. The van der Waals surface area contributed by atoms with Gasteiger partial charge in [-0.25, -0.2) is 0 Å². The Hall–Kier alpha value is -0.510. The van der Waals surface area contributed by atoms with Gasteiger partial charge in [-0.2, -0.15) is 0 Å². The highest BCUT2D eigenvalue weighted by Gasteiger charge is 2.15. The van der Waals surface area contributed by atoms with Crippen molar-refractivity contribution in [1.82, 2.24) is 10.6 Å². The summed E-state index contributed by atoms with van der Waals surface area (Å²) in [5.74, 6) is 1.86. The zero-order valence-electron chi connectivity index (χ0n) is 15.1. The first kappa shape index (κ1) is 22.5. The van der Waals surface area contributed by atoms with Crippen LogP contribution in [0.2, 0.25) is 0 Å². The summed E-state index contributed by atoms with van der Waals surface area (Å²) in [6.07, 6.45) is 2.28. The molecule has 142 valence electrons. The monoisotopic (exact) mass is 479 g/mol. The number of thioether (sulfide) groups is 1. The van der Waals surface area contributed by atoms with Gasteiger partial charge >= 0.3 is 0 Å². The van der Waals surface area contributed by atoms with Crippen LogP contribution in [0.4, 0.5) is 0 Å². The maximum atomic E-state index is 5.75. The minimum atomic E-state index is 0. The molecule has 2 N–H and O–H groups in total. The Labute approximate surface area is 172 Å². The highest BCUT2D eigenvalue weighted by molar-refractivity contribution is 14.0. The van der Waals surface area contributed by atoms with Crippen molar-refractivity contribution in [2.24, 2.45) is 4.99 Å². The van der Waals surface area contributed by atoms with Gasteiger partial charge in [0, 0.05) is 44.0 Å². The van der Waals surface area contributed by atoms with Gasteiger partial charge < -0.3 is 20.1 Å². The Balaban J connectivity index is 0.00000312. The molecule has 1 aromatic carbocycles. The molecule has 5 nitrogen and oxygen atoms in total. The van der Waals surface area contributed by atoms with Crippen LogP contribution >= 0.6 is 35.7 Å². The molecule has 25 heavy (non-hydrogen) atoms. The summed E-state index contributed by atoms with van der Waals surface area (Å²) >= 11 is 1.85. The lowest BCUT2D eigenvalue weighted by Crippen LogP contribution is -2.39. The summed E-state index contributed by atoms with van der Waals surface area (Å²) in [4.78, 5) is 5.55. The lowest BCUT2D eigenvalue weighted by molar-refractivity contribution is 0.0420. The standard InChI is InChI=1S/C18H29N3O2S.HI/c1-15-4-6-17(7-5-15)24-13-10-21-18(19-2)20-9-3-11-23-16-8-12-22-14-16;/h4-7,16H,3,8-14H2,1-2H3,(H2,19,20,21);1H. The quantitative estimate of drug-likeness (QED) is 0.188. The molecule has 0 saturated carbocycles. The summed E-state index contributed by atoms with van der Waals surface area (Å²) in [7, 11) is 1.80. The first-order valence-electron chi connectivity index (χ1n) is 8.61. The van der Waals surface area contributed by atoms with Crippen LogP contribution in [0, 0.1) is 6.92 Å². The molecule has 2 rings (SSSR count). The van der Waals surface area contributed by atoms with E-state index in [2.05, 4.69) is 46.8 Å². The van der Waals surface area contributed by atoms with Crippen molar-refractivity contribution in [2.45, 2.75) is 30.8 Å². The first-order chi connectivity index (χ1) is 11.8. The van der Waals surface area contributed by atoms with Crippen LogP contribution in [-0.2, 0) is 9.47 Å². The first-order valence-corrected chi connectivity index (χ1v) is 9.60. The fourth-order valence-corrected chi connectivity index (χ4v) is 3.14. The van der Waals surface area contributed by atoms with E-state index in [9.17, 15) is 0 Å². The number of nitrogens with zero attached hydrogens (tertiary/aromatic N) is 1. The molecule has 1 saturated heterocycles. The van der Waals surface area contributed by atoms with Gasteiger partial charge in [0.15, 0.2) is 5.96 Å². The maximum absolute atomic E-state index is 5.75. The van der Waals surface area contributed by atoms with E-state index in [1.165, 1.54) is 10.5 Å². The Morgan fingerprint density at radius 1 is 1.28 bits per heavy atom. The maximum Gasteiger partial charge on any atom is 0.191 e. The molecule has 1 heterocycles. The molecular weight excluding hydrogens is 449 g/mol. The fraction of sp³-hybridized carbons (Fsp3) is 0.611. The van der Waals surface area contributed by atoms with Crippen LogP contribution in [0.1, 0.15) is 18.4 Å². The molecule has 0 aromatic heterocycles. The number of guanidine groups is 1. The minimum absolute atomic E-state index is 0. The fourth-order valence-electron chi connectivity index (χ4n) is 2.37. The number of hydrogen-bond donors (Lipinski definition) is 2. The number of nitrogens with one attached hydrogen (secondary N) is 2. The summed E-state index contributed by atoms with van der Waals surface area (Å²) in [5, 5.41) is 6.66. The van der Waals surface area contributed by atoms with Gasteiger partial charge in [0.2, 0.25) is 0 Å². The second-order valence-electron chi connectivity index (χ2n) is 5.80. The van der Waals surface area contributed by atoms with E-state index in [1.807, 2.05) is 11.8 Å². The highest BCUT2D eigenvalue weighted by Crippen LogP contribution is 2.17. The molecule has 1 fully saturated rings. The van der Waals surface area contributed by atoms with Gasteiger partial charge in [-0.3, -0.25) is 4.99 Å². The molecule has 1 aromatic rings. The van der Waals surface area contributed by atoms with Crippen LogP contribution < -0.4 is 10.6 Å². The number of benzene rings is 1. The van der Waals surface area contributed by atoms with Crippen LogP contribution in [0.15, 0.2) is 34.2 Å². The van der Waals surface area contributed by atoms with Crippen molar-refractivity contribution in [1.29, 1.82) is 0 Å². The van der Waals surface area contributed by atoms with Gasteiger partial charge in [-0.05, 0) is 31.9 Å². The Bertz CT molecular complexity index is 494. The lowest BCUT2D eigenvalue weighted by Gasteiger charge is -2.13. The molecule has 1 atom stereocenters. The molecule has 1 unspecified atom stereocenters. The number of ether oxygens (including phenoxy) is 2. The second kappa shape index (κ2) is 13.7. The molecule has 0 amide bonds. The van der Waals surface area contributed by atoms with E-state index < -0.39 is 0 Å². The summed E-state index contributed by atoms with van der Waals surface area (Å²) in [6, 6.07) is 8.64. The second-order valence-corrected chi connectivity index (χ2v) is 6.97. The van der Waals surface area contributed by atoms with Crippen molar-refractivity contribution < 1.29 is 9.47 Å². The van der Waals surface area contributed by atoms with Crippen LogP contribution in [0.3, 0.4) is 0 Å². The normalized spacial score (nSPS) is 17.2. The number of halogens is 1. The average molecular weight is 479 g/mol. The van der Waals surface area contributed by atoms with Gasteiger partial charge in [-0.1, -0.05) is 17.7 Å². The Morgan fingerprint density at radius 3 is 2.72 bits per heavy atom. The van der Waals surface area contributed by atoms with E-state index >= 15 is 0 Å². The van der Waals surface area contributed by atoms with Gasteiger partial charge in [0.25, 0.3) is 0 Å². The summed E-state index contributed by atoms with van der Waals surface area (Å²) < 4.78 is 11.0. The van der Waals surface area contributed by atoms with Crippen molar-refractivity contribution >= 4 is 41.7 Å². The van der Waals surface area contributed by atoms with Crippen LogP contribution in [-0.4, -0.2) is 57.8 Å². The van der Waals surface area contributed by atoms with E-state index in [-0.39, 0.29) is 24.0 Å². The zero-order chi connectivity index (χ0) is 17.0.